The largest absolute Gasteiger partial charge is 0.480 e. The summed E-state index contributed by atoms with van der Waals surface area (Å²) in [6.45, 7) is 1.38. The Morgan fingerprint density at radius 2 is 2.06 bits per heavy atom. The highest BCUT2D eigenvalue weighted by molar-refractivity contribution is 7.90. The number of sulfonamides is 1. The zero-order chi connectivity index (χ0) is 12.6. The molecule has 1 aliphatic rings. The van der Waals surface area contributed by atoms with Crippen molar-refractivity contribution >= 4 is 21.8 Å². The maximum Gasteiger partial charge on any atom is 0.328 e. The Morgan fingerprint density at radius 1 is 1.41 bits per heavy atom. The summed E-state index contributed by atoms with van der Waals surface area (Å²) in [4.78, 5) is 14.6. The van der Waals surface area contributed by atoms with Gasteiger partial charge < -0.3 is 5.11 Å². The van der Waals surface area contributed by atoms with Crippen LogP contribution in [0.2, 0.25) is 0 Å². The van der Waals surface area contributed by atoms with Gasteiger partial charge in [-0.2, -0.15) is 0 Å². The standard InChI is InChI=1S/C10H10N2O4S/c1-6(10(13)14)11-9-7-4-2-3-5-8(7)17(15,16)12-9/h2-6H,1H3,(H,11,12)(H,13,14). The van der Waals surface area contributed by atoms with Gasteiger partial charge in [-0.1, -0.05) is 12.1 Å². The van der Waals surface area contributed by atoms with Crippen LogP contribution in [0.5, 0.6) is 0 Å². The number of aliphatic carboxylic acids is 1. The van der Waals surface area contributed by atoms with Crippen molar-refractivity contribution < 1.29 is 18.3 Å². The van der Waals surface area contributed by atoms with Gasteiger partial charge in [-0.05, 0) is 19.1 Å². The van der Waals surface area contributed by atoms with Gasteiger partial charge >= 0.3 is 5.97 Å². The second-order valence-corrected chi connectivity index (χ2v) is 5.24. The number of nitrogens with zero attached hydrogens (tertiary/aromatic N) is 1. The SMILES string of the molecule is CC(N=C1NS(=O)(=O)c2ccccc21)C(=O)O. The lowest BCUT2D eigenvalue weighted by atomic mass is 10.2. The number of aliphatic imine (C=N–C) groups is 1. The molecular weight excluding hydrogens is 244 g/mol. The van der Waals surface area contributed by atoms with Gasteiger partial charge in [0, 0.05) is 5.56 Å². The molecule has 17 heavy (non-hydrogen) atoms. The van der Waals surface area contributed by atoms with E-state index in [4.69, 9.17) is 5.11 Å². The maximum absolute atomic E-state index is 11.7. The smallest absolute Gasteiger partial charge is 0.328 e. The highest BCUT2D eigenvalue weighted by Gasteiger charge is 2.30. The monoisotopic (exact) mass is 254 g/mol. The molecule has 1 heterocycles. The van der Waals surface area contributed by atoms with E-state index in [1.54, 1.807) is 18.2 Å². The Balaban J connectivity index is 2.53. The molecule has 0 amide bonds. The van der Waals surface area contributed by atoms with Gasteiger partial charge in [0.05, 0.1) is 4.90 Å². The minimum atomic E-state index is -3.60. The third kappa shape index (κ3) is 2.01. The molecule has 90 valence electrons. The molecule has 1 atom stereocenters. The Kier molecular flexibility index (Phi) is 2.62. The van der Waals surface area contributed by atoms with Crippen LogP contribution in [0.15, 0.2) is 34.2 Å². The maximum atomic E-state index is 11.7. The van der Waals surface area contributed by atoms with E-state index in [1.165, 1.54) is 13.0 Å². The molecule has 0 saturated carbocycles. The molecule has 0 aliphatic carbocycles. The lowest BCUT2D eigenvalue weighted by molar-refractivity contribution is -0.137. The van der Waals surface area contributed by atoms with Crippen LogP contribution < -0.4 is 4.72 Å². The van der Waals surface area contributed by atoms with Gasteiger partial charge in [0.15, 0.2) is 0 Å². The van der Waals surface area contributed by atoms with Crippen molar-refractivity contribution in [3.05, 3.63) is 29.8 Å². The van der Waals surface area contributed by atoms with Crippen molar-refractivity contribution in [1.82, 2.24) is 4.72 Å². The third-order valence-electron chi connectivity index (χ3n) is 2.34. The van der Waals surface area contributed by atoms with E-state index in [-0.39, 0.29) is 10.7 Å². The molecule has 7 heteroatoms. The highest BCUT2D eigenvalue weighted by atomic mass is 32.2. The molecule has 2 N–H and O–H groups in total. The summed E-state index contributed by atoms with van der Waals surface area (Å²) in [6, 6.07) is 5.30. The van der Waals surface area contributed by atoms with Crippen molar-refractivity contribution in [2.45, 2.75) is 17.9 Å². The van der Waals surface area contributed by atoms with Crippen LogP contribution in [0.1, 0.15) is 12.5 Å². The van der Waals surface area contributed by atoms with Crippen molar-refractivity contribution in [3.63, 3.8) is 0 Å². The lowest BCUT2D eigenvalue weighted by Crippen LogP contribution is -2.25. The number of rotatable bonds is 2. The first-order valence-corrected chi connectivity index (χ1v) is 6.33. The summed E-state index contributed by atoms with van der Waals surface area (Å²) in [6.07, 6.45) is 0. The molecule has 0 bridgehead atoms. The van der Waals surface area contributed by atoms with Crippen LogP contribution in [0.4, 0.5) is 0 Å². The molecule has 1 unspecified atom stereocenters. The number of carbonyl (C=O) groups is 1. The summed E-state index contributed by atoms with van der Waals surface area (Å²) in [5, 5.41) is 8.74. The van der Waals surface area contributed by atoms with Gasteiger partial charge in [-0.15, -0.1) is 0 Å². The second kappa shape index (κ2) is 3.85. The van der Waals surface area contributed by atoms with Gasteiger partial charge in [-0.25, -0.2) is 13.2 Å². The fraction of sp³-hybridized carbons (Fsp3) is 0.200. The number of amidine groups is 1. The minimum Gasteiger partial charge on any atom is -0.480 e. The molecule has 2 rings (SSSR count). The van der Waals surface area contributed by atoms with E-state index in [0.717, 1.165) is 0 Å². The average molecular weight is 254 g/mol. The number of nitrogens with one attached hydrogen (secondary N) is 1. The van der Waals surface area contributed by atoms with Crippen LogP contribution in [0, 0.1) is 0 Å². The Morgan fingerprint density at radius 3 is 2.71 bits per heavy atom. The fourth-order valence-corrected chi connectivity index (χ4v) is 2.72. The molecule has 0 aromatic heterocycles. The summed E-state index contributed by atoms with van der Waals surface area (Å²) >= 11 is 0. The van der Waals surface area contributed by atoms with E-state index in [9.17, 15) is 13.2 Å². The van der Waals surface area contributed by atoms with E-state index in [0.29, 0.717) is 5.56 Å². The van der Waals surface area contributed by atoms with Crippen LogP contribution in [0.3, 0.4) is 0 Å². The Hall–Kier alpha value is -1.89. The van der Waals surface area contributed by atoms with Crippen LogP contribution >= 0.6 is 0 Å². The van der Waals surface area contributed by atoms with Gasteiger partial charge in [-0.3, -0.25) is 9.71 Å². The average Bonchev–Trinajstić information content (AvgIpc) is 2.51. The van der Waals surface area contributed by atoms with Crippen LogP contribution in [-0.4, -0.2) is 31.4 Å². The molecule has 0 spiro atoms. The predicted molar refractivity (Wildman–Crippen MR) is 60.4 cm³/mol. The summed E-state index contributed by atoms with van der Waals surface area (Å²) in [5.41, 5.74) is 0.403. The molecule has 1 aromatic carbocycles. The highest BCUT2D eigenvalue weighted by Crippen LogP contribution is 2.22. The van der Waals surface area contributed by atoms with Crippen LogP contribution in [-0.2, 0) is 14.8 Å². The molecule has 1 aliphatic heterocycles. The molecule has 1 aromatic rings. The third-order valence-corrected chi connectivity index (χ3v) is 3.74. The topological polar surface area (TPSA) is 95.8 Å². The first-order valence-electron chi connectivity index (χ1n) is 4.84. The fourth-order valence-electron chi connectivity index (χ4n) is 1.48. The Labute approximate surface area is 98.0 Å². The normalized spacial score (nSPS) is 20.6. The van der Waals surface area contributed by atoms with Gasteiger partial charge in [0.1, 0.15) is 11.9 Å². The van der Waals surface area contributed by atoms with E-state index < -0.39 is 22.0 Å². The van der Waals surface area contributed by atoms with Crippen molar-refractivity contribution in [1.29, 1.82) is 0 Å². The summed E-state index contributed by atoms with van der Waals surface area (Å²) in [5.74, 6) is -1.03. The number of carboxylic acid groups (broad SMARTS) is 1. The molecule has 0 fully saturated rings. The minimum absolute atomic E-state index is 0.0792. The van der Waals surface area contributed by atoms with E-state index in [1.807, 2.05) is 0 Å². The molecule has 0 radical (unpaired) electrons. The Bertz CT molecular complexity index is 606. The summed E-state index contributed by atoms with van der Waals surface area (Å²) in [7, 11) is -3.60. The van der Waals surface area contributed by atoms with Crippen molar-refractivity contribution in [2.75, 3.05) is 0 Å². The molecule has 6 nitrogen and oxygen atoms in total. The first kappa shape index (κ1) is 11.6. The van der Waals surface area contributed by atoms with E-state index >= 15 is 0 Å². The molecular formula is C10H10N2O4S. The predicted octanol–water partition coefficient (Wildman–Crippen LogP) is 0.198. The number of hydrogen-bond acceptors (Lipinski definition) is 4. The number of benzene rings is 1. The lowest BCUT2D eigenvalue weighted by Gasteiger charge is -2.02. The number of fused-ring (bicyclic) bond motifs is 1. The van der Waals surface area contributed by atoms with E-state index in [2.05, 4.69) is 9.71 Å². The second-order valence-electron chi connectivity index (χ2n) is 3.59. The zero-order valence-corrected chi connectivity index (χ0v) is 9.73. The van der Waals surface area contributed by atoms with Gasteiger partial charge in [0.25, 0.3) is 10.0 Å². The first-order chi connectivity index (χ1) is 7.92. The zero-order valence-electron chi connectivity index (χ0n) is 8.91. The quantitative estimate of drug-likeness (QED) is 0.787. The van der Waals surface area contributed by atoms with Crippen molar-refractivity contribution in [2.24, 2.45) is 4.99 Å². The number of carboxylic acids is 1. The van der Waals surface area contributed by atoms with Crippen molar-refractivity contribution in [3.8, 4) is 0 Å². The summed E-state index contributed by atoms with van der Waals surface area (Å²) < 4.78 is 25.6. The van der Waals surface area contributed by atoms with Gasteiger partial charge in [0.2, 0.25) is 0 Å². The van der Waals surface area contributed by atoms with Crippen LogP contribution in [0.25, 0.3) is 0 Å². The molecule has 0 saturated heterocycles. The number of hydrogen-bond donors (Lipinski definition) is 2.